The van der Waals surface area contributed by atoms with E-state index in [1.165, 1.54) is 6.42 Å². The Balaban J connectivity index is 1.87. The average Bonchev–Trinajstić information content (AvgIpc) is 3.04. The van der Waals surface area contributed by atoms with Gasteiger partial charge < -0.3 is 5.11 Å². The first-order valence-electron chi connectivity index (χ1n) is 9.14. The number of likely N-dealkylation sites (tertiary alicyclic amines) is 1. The number of benzene rings is 2. The molecule has 2 aromatic carbocycles. The third-order valence-electron chi connectivity index (χ3n) is 5.20. The minimum absolute atomic E-state index is 0.0695. The van der Waals surface area contributed by atoms with Gasteiger partial charge in [0.05, 0.1) is 5.56 Å². The summed E-state index contributed by atoms with van der Waals surface area (Å²) in [6.07, 6.45) is 1.25. The van der Waals surface area contributed by atoms with Crippen molar-refractivity contribution in [3.8, 4) is 11.8 Å². The topological polar surface area (TPSA) is 64.3 Å². The highest BCUT2D eigenvalue weighted by atomic mass is 79.9. The van der Waals surface area contributed by atoms with Gasteiger partial charge in [-0.3, -0.25) is 9.69 Å². The summed E-state index contributed by atoms with van der Waals surface area (Å²) in [5.41, 5.74) is 3.21. The highest BCUT2D eigenvalue weighted by Gasteiger charge is 2.21. The molecule has 0 spiro atoms. The van der Waals surface area contributed by atoms with Gasteiger partial charge in [0.15, 0.2) is 5.78 Å². The Hall–Kier alpha value is -2.16. The zero-order valence-corrected chi connectivity index (χ0v) is 17.2. The van der Waals surface area contributed by atoms with Crippen molar-refractivity contribution in [2.24, 2.45) is 5.92 Å². The van der Waals surface area contributed by atoms with Crippen LogP contribution in [0.15, 0.2) is 34.8 Å². The van der Waals surface area contributed by atoms with Crippen LogP contribution in [0, 0.1) is 24.2 Å². The van der Waals surface area contributed by atoms with Crippen LogP contribution in [-0.2, 0) is 13.0 Å². The highest BCUT2D eigenvalue weighted by Crippen LogP contribution is 2.28. The van der Waals surface area contributed by atoms with Crippen molar-refractivity contribution in [1.29, 1.82) is 5.26 Å². The van der Waals surface area contributed by atoms with Gasteiger partial charge in [0.2, 0.25) is 0 Å². The molecule has 3 rings (SSSR count). The molecule has 0 amide bonds. The van der Waals surface area contributed by atoms with Crippen LogP contribution < -0.4 is 0 Å². The van der Waals surface area contributed by atoms with E-state index in [1.807, 2.05) is 25.1 Å². The first-order chi connectivity index (χ1) is 12.9. The molecule has 1 aliphatic heterocycles. The van der Waals surface area contributed by atoms with Crippen molar-refractivity contribution in [2.75, 3.05) is 13.1 Å². The molecule has 140 valence electrons. The molecule has 2 aromatic rings. The van der Waals surface area contributed by atoms with Gasteiger partial charge in [-0.1, -0.05) is 41.1 Å². The Morgan fingerprint density at radius 3 is 2.85 bits per heavy atom. The van der Waals surface area contributed by atoms with E-state index in [0.29, 0.717) is 17.0 Å². The van der Waals surface area contributed by atoms with Crippen LogP contribution in [0.2, 0.25) is 0 Å². The van der Waals surface area contributed by atoms with Crippen LogP contribution in [0.5, 0.6) is 5.75 Å². The first kappa shape index (κ1) is 19.6. The lowest BCUT2D eigenvalue weighted by Crippen LogP contribution is -2.20. The second-order valence-corrected chi connectivity index (χ2v) is 8.26. The van der Waals surface area contributed by atoms with E-state index in [-0.39, 0.29) is 23.5 Å². The maximum absolute atomic E-state index is 12.8. The van der Waals surface area contributed by atoms with E-state index in [0.717, 1.165) is 35.2 Å². The molecule has 1 N–H and O–H groups in total. The molecule has 0 saturated carbocycles. The largest absolute Gasteiger partial charge is 0.506 e. The highest BCUT2D eigenvalue weighted by molar-refractivity contribution is 9.10. The average molecular weight is 427 g/mol. The van der Waals surface area contributed by atoms with Crippen LogP contribution >= 0.6 is 15.9 Å². The minimum Gasteiger partial charge on any atom is -0.506 e. The summed E-state index contributed by atoms with van der Waals surface area (Å²) >= 11 is 3.45. The van der Waals surface area contributed by atoms with E-state index in [4.69, 9.17) is 0 Å². The summed E-state index contributed by atoms with van der Waals surface area (Å²) in [5.74, 6) is 0.523. The van der Waals surface area contributed by atoms with Crippen molar-refractivity contribution in [1.82, 2.24) is 4.90 Å². The zero-order chi connectivity index (χ0) is 19.6. The smallest absolute Gasteiger partial charge is 0.167 e. The number of phenols is 1. The summed E-state index contributed by atoms with van der Waals surface area (Å²) in [6.45, 7) is 6.94. The Bertz CT molecular complexity index is 917. The lowest BCUT2D eigenvalue weighted by molar-refractivity contribution is 0.0991. The lowest BCUT2D eigenvalue weighted by atomic mass is 9.96. The van der Waals surface area contributed by atoms with Crippen LogP contribution in [-0.4, -0.2) is 28.9 Å². The first-order valence-corrected chi connectivity index (χ1v) is 9.94. The maximum Gasteiger partial charge on any atom is 0.167 e. The molecule has 1 saturated heterocycles. The van der Waals surface area contributed by atoms with Gasteiger partial charge in [-0.15, -0.1) is 0 Å². The molecule has 5 heteroatoms. The minimum atomic E-state index is -0.0861. The van der Waals surface area contributed by atoms with Crippen molar-refractivity contribution in [2.45, 2.75) is 33.2 Å². The normalized spacial score (nSPS) is 17.0. The molecule has 0 aliphatic carbocycles. The Kier molecular flexibility index (Phi) is 5.98. The second-order valence-electron chi connectivity index (χ2n) is 7.40. The van der Waals surface area contributed by atoms with E-state index >= 15 is 0 Å². The summed E-state index contributed by atoms with van der Waals surface area (Å²) in [5, 5.41) is 19.8. The van der Waals surface area contributed by atoms with Gasteiger partial charge in [-0.05, 0) is 49.1 Å². The summed E-state index contributed by atoms with van der Waals surface area (Å²) in [7, 11) is 0. The molecular weight excluding hydrogens is 404 g/mol. The quantitative estimate of drug-likeness (QED) is 0.709. The Morgan fingerprint density at radius 2 is 2.19 bits per heavy atom. The van der Waals surface area contributed by atoms with Gasteiger partial charge in [-0.25, -0.2) is 0 Å². The van der Waals surface area contributed by atoms with E-state index in [2.05, 4.69) is 33.8 Å². The summed E-state index contributed by atoms with van der Waals surface area (Å²) in [4.78, 5) is 15.2. The molecule has 1 atom stereocenters. The standard InChI is InChI=1S/C22H23BrN2O2/c1-14-6-7-25(12-14)13-16-8-17(22(27)18(9-16)11-24)10-21(26)19-4-3-5-20(23)15(19)2/h3-5,8-9,14,27H,6-7,10,12-13H2,1-2H3/t14-/m1/s1. The van der Waals surface area contributed by atoms with Crippen molar-refractivity contribution < 1.29 is 9.90 Å². The molecule has 0 unspecified atom stereocenters. The number of ketones is 1. The number of hydrogen-bond donors (Lipinski definition) is 1. The van der Waals surface area contributed by atoms with Gasteiger partial charge in [0.1, 0.15) is 11.8 Å². The monoisotopic (exact) mass is 426 g/mol. The van der Waals surface area contributed by atoms with Crippen LogP contribution in [0.4, 0.5) is 0 Å². The van der Waals surface area contributed by atoms with Crippen LogP contribution in [0.25, 0.3) is 0 Å². The van der Waals surface area contributed by atoms with Crippen molar-refractivity contribution >= 4 is 21.7 Å². The third kappa shape index (κ3) is 4.40. The fourth-order valence-corrected chi connectivity index (χ4v) is 4.04. The SMILES string of the molecule is Cc1c(Br)cccc1C(=O)Cc1cc(CN2CC[C@@H](C)C2)cc(C#N)c1O. The molecule has 4 nitrogen and oxygen atoms in total. The fourth-order valence-electron chi connectivity index (χ4n) is 3.68. The van der Waals surface area contributed by atoms with Crippen LogP contribution in [0.3, 0.4) is 0 Å². The van der Waals surface area contributed by atoms with Gasteiger partial charge in [0.25, 0.3) is 0 Å². The van der Waals surface area contributed by atoms with E-state index in [9.17, 15) is 15.2 Å². The fraction of sp³-hybridized carbons (Fsp3) is 0.364. The van der Waals surface area contributed by atoms with Crippen molar-refractivity contribution in [3.63, 3.8) is 0 Å². The van der Waals surface area contributed by atoms with Gasteiger partial charge >= 0.3 is 0 Å². The number of carbonyl (C=O) groups is 1. The number of nitriles is 1. The predicted molar refractivity (Wildman–Crippen MR) is 109 cm³/mol. The second kappa shape index (κ2) is 8.24. The summed E-state index contributed by atoms with van der Waals surface area (Å²) < 4.78 is 0.882. The number of rotatable bonds is 5. The molecule has 0 bridgehead atoms. The molecule has 1 heterocycles. The molecule has 0 aromatic heterocycles. The molecule has 1 fully saturated rings. The number of phenolic OH excluding ortho intramolecular Hbond substituents is 1. The van der Waals surface area contributed by atoms with Gasteiger partial charge in [0, 0.05) is 35.1 Å². The number of Topliss-reactive ketones (excluding diaryl/α,β-unsaturated/α-hetero) is 1. The molecule has 27 heavy (non-hydrogen) atoms. The molecule has 1 aliphatic rings. The zero-order valence-electron chi connectivity index (χ0n) is 15.6. The lowest BCUT2D eigenvalue weighted by Gasteiger charge is -2.17. The predicted octanol–water partition coefficient (Wildman–Crippen LogP) is 4.60. The van der Waals surface area contributed by atoms with Crippen LogP contribution in [0.1, 0.15) is 46.0 Å². The number of aromatic hydroxyl groups is 1. The molecule has 0 radical (unpaired) electrons. The number of hydrogen-bond acceptors (Lipinski definition) is 4. The Morgan fingerprint density at radius 1 is 1.41 bits per heavy atom. The van der Waals surface area contributed by atoms with Gasteiger partial charge in [-0.2, -0.15) is 5.26 Å². The van der Waals surface area contributed by atoms with Crippen molar-refractivity contribution in [3.05, 3.63) is 62.6 Å². The number of nitrogens with zero attached hydrogens (tertiary/aromatic N) is 2. The molecular formula is C22H23BrN2O2. The van der Waals surface area contributed by atoms with E-state index in [1.54, 1.807) is 12.1 Å². The van der Waals surface area contributed by atoms with E-state index < -0.39 is 0 Å². The number of halogens is 1. The summed E-state index contributed by atoms with van der Waals surface area (Å²) in [6, 6.07) is 11.2. The third-order valence-corrected chi connectivity index (χ3v) is 6.06. The number of carbonyl (C=O) groups excluding carboxylic acids is 1. The maximum atomic E-state index is 12.8. The Labute approximate surface area is 168 Å².